The molecule has 2 aliphatic heterocycles. The van der Waals surface area contributed by atoms with Gasteiger partial charge in [0, 0.05) is 57.0 Å². The van der Waals surface area contributed by atoms with Crippen molar-refractivity contribution in [2.75, 3.05) is 57.4 Å². The molecule has 150 valence electrons. The summed E-state index contributed by atoms with van der Waals surface area (Å²) in [4.78, 5) is 40.9. The summed E-state index contributed by atoms with van der Waals surface area (Å²) in [6.07, 6.45) is 2.61. The van der Waals surface area contributed by atoms with Gasteiger partial charge in [-0.25, -0.2) is 4.39 Å². The molecule has 2 heterocycles. The summed E-state index contributed by atoms with van der Waals surface area (Å²) in [6.45, 7) is 5.31. The number of morpholine rings is 1. The van der Waals surface area contributed by atoms with Gasteiger partial charge in [0.2, 0.25) is 11.8 Å². The second-order valence-electron chi connectivity index (χ2n) is 6.81. The molecule has 0 saturated carbocycles. The Hall–Kier alpha value is -2.74. The van der Waals surface area contributed by atoms with E-state index in [0.29, 0.717) is 63.7 Å². The number of piperazine rings is 1. The molecule has 0 spiro atoms. The van der Waals surface area contributed by atoms with E-state index >= 15 is 0 Å². The standard InChI is InChI=1S/C20H24FN3O4/c1-15(25)16-2-3-18(17(21)14-16)22-6-8-23(9-7-22)19(26)4-5-20(27)24-10-12-28-13-11-24/h2-5,14H,6-13H2,1H3/b5-4+. The number of rotatable bonds is 4. The Balaban J connectivity index is 1.53. The molecule has 1 aromatic rings. The van der Waals surface area contributed by atoms with Gasteiger partial charge in [-0.15, -0.1) is 0 Å². The first kappa shape index (κ1) is 20.0. The third-order valence-electron chi connectivity index (χ3n) is 4.98. The van der Waals surface area contributed by atoms with E-state index in [-0.39, 0.29) is 17.6 Å². The zero-order valence-corrected chi connectivity index (χ0v) is 15.9. The fraction of sp³-hybridized carbons (Fsp3) is 0.450. The Morgan fingerprint density at radius 3 is 2.04 bits per heavy atom. The van der Waals surface area contributed by atoms with Crippen LogP contribution < -0.4 is 4.90 Å². The number of hydrogen-bond acceptors (Lipinski definition) is 5. The van der Waals surface area contributed by atoms with E-state index in [4.69, 9.17) is 4.74 Å². The van der Waals surface area contributed by atoms with Crippen molar-refractivity contribution in [2.45, 2.75) is 6.92 Å². The van der Waals surface area contributed by atoms with Gasteiger partial charge in [-0.05, 0) is 25.1 Å². The molecule has 1 aromatic carbocycles. The van der Waals surface area contributed by atoms with Gasteiger partial charge >= 0.3 is 0 Å². The van der Waals surface area contributed by atoms with Crippen LogP contribution in [-0.2, 0) is 14.3 Å². The first-order valence-electron chi connectivity index (χ1n) is 9.35. The maximum absolute atomic E-state index is 14.3. The summed E-state index contributed by atoms with van der Waals surface area (Å²) in [5.74, 6) is -1.04. The Kier molecular flexibility index (Phi) is 6.41. The van der Waals surface area contributed by atoms with Crippen LogP contribution in [0.15, 0.2) is 30.4 Å². The summed E-state index contributed by atoms with van der Waals surface area (Å²) in [6, 6.07) is 4.46. The van der Waals surface area contributed by atoms with E-state index in [2.05, 4.69) is 0 Å². The number of hydrogen-bond donors (Lipinski definition) is 0. The molecular weight excluding hydrogens is 365 g/mol. The lowest BCUT2D eigenvalue weighted by atomic mass is 10.1. The summed E-state index contributed by atoms with van der Waals surface area (Å²) < 4.78 is 19.5. The van der Waals surface area contributed by atoms with E-state index in [1.165, 1.54) is 25.1 Å². The summed E-state index contributed by atoms with van der Waals surface area (Å²) in [5, 5.41) is 0. The van der Waals surface area contributed by atoms with Gasteiger partial charge in [0.15, 0.2) is 5.78 Å². The van der Waals surface area contributed by atoms with Crippen molar-refractivity contribution in [2.24, 2.45) is 0 Å². The minimum atomic E-state index is -0.441. The van der Waals surface area contributed by atoms with Crippen molar-refractivity contribution in [3.05, 3.63) is 41.7 Å². The van der Waals surface area contributed by atoms with Gasteiger partial charge in [-0.2, -0.15) is 0 Å². The maximum atomic E-state index is 14.3. The number of anilines is 1. The molecule has 7 nitrogen and oxygen atoms in total. The number of benzene rings is 1. The molecule has 0 aliphatic carbocycles. The van der Waals surface area contributed by atoms with Gasteiger partial charge in [0.1, 0.15) is 5.82 Å². The van der Waals surface area contributed by atoms with Crippen LogP contribution in [0.4, 0.5) is 10.1 Å². The van der Waals surface area contributed by atoms with Crippen molar-refractivity contribution in [3.63, 3.8) is 0 Å². The molecule has 3 rings (SSSR count). The van der Waals surface area contributed by atoms with E-state index in [1.54, 1.807) is 21.9 Å². The number of carbonyl (C=O) groups excluding carboxylic acids is 3. The summed E-state index contributed by atoms with van der Waals surface area (Å²) in [7, 11) is 0. The number of amides is 2. The highest BCUT2D eigenvalue weighted by Crippen LogP contribution is 2.22. The van der Waals surface area contributed by atoms with Crippen LogP contribution in [0, 0.1) is 5.82 Å². The number of ether oxygens (including phenoxy) is 1. The quantitative estimate of drug-likeness (QED) is 0.570. The number of halogens is 1. The van der Waals surface area contributed by atoms with Gasteiger partial charge in [0.25, 0.3) is 0 Å². The largest absolute Gasteiger partial charge is 0.378 e. The zero-order valence-electron chi connectivity index (χ0n) is 15.9. The second kappa shape index (κ2) is 8.97. The fourth-order valence-corrected chi connectivity index (χ4v) is 3.29. The molecule has 2 aliphatic rings. The first-order valence-corrected chi connectivity index (χ1v) is 9.35. The Labute approximate surface area is 163 Å². The van der Waals surface area contributed by atoms with Gasteiger partial charge in [-0.1, -0.05) is 0 Å². The molecule has 8 heteroatoms. The minimum Gasteiger partial charge on any atom is -0.378 e. The molecule has 2 amide bonds. The lowest BCUT2D eigenvalue weighted by molar-refractivity contribution is -0.131. The Morgan fingerprint density at radius 1 is 0.929 bits per heavy atom. The van der Waals surface area contributed by atoms with Gasteiger partial charge in [-0.3, -0.25) is 14.4 Å². The SMILES string of the molecule is CC(=O)c1ccc(N2CCN(C(=O)/C=C/C(=O)N3CCOCC3)CC2)c(F)c1. The van der Waals surface area contributed by atoms with Crippen LogP contribution >= 0.6 is 0 Å². The average molecular weight is 389 g/mol. The summed E-state index contributed by atoms with van der Waals surface area (Å²) in [5.41, 5.74) is 0.764. The lowest BCUT2D eigenvalue weighted by Gasteiger charge is -2.35. The topological polar surface area (TPSA) is 70.2 Å². The van der Waals surface area contributed by atoms with Crippen molar-refractivity contribution in [3.8, 4) is 0 Å². The highest BCUT2D eigenvalue weighted by Gasteiger charge is 2.22. The predicted molar refractivity (Wildman–Crippen MR) is 102 cm³/mol. The second-order valence-corrected chi connectivity index (χ2v) is 6.81. The van der Waals surface area contributed by atoms with Crippen molar-refractivity contribution >= 4 is 23.3 Å². The Morgan fingerprint density at radius 2 is 1.50 bits per heavy atom. The monoisotopic (exact) mass is 389 g/mol. The van der Waals surface area contributed by atoms with E-state index in [9.17, 15) is 18.8 Å². The molecular formula is C20H24FN3O4. The van der Waals surface area contributed by atoms with Crippen molar-refractivity contribution < 1.29 is 23.5 Å². The van der Waals surface area contributed by atoms with Crippen LogP contribution in [0.1, 0.15) is 17.3 Å². The van der Waals surface area contributed by atoms with E-state index < -0.39 is 5.82 Å². The third-order valence-corrected chi connectivity index (χ3v) is 4.98. The molecule has 0 atom stereocenters. The Bertz CT molecular complexity index is 782. The smallest absolute Gasteiger partial charge is 0.246 e. The summed E-state index contributed by atoms with van der Waals surface area (Å²) >= 11 is 0. The normalized spacial score (nSPS) is 17.9. The van der Waals surface area contributed by atoms with Crippen molar-refractivity contribution in [1.82, 2.24) is 9.80 Å². The van der Waals surface area contributed by atoms with Gasteiger partial charge < -0.3 is 19.4 Å². The first-order chi connectivity index (χ1) is 13.5. The van der Waals surface area contributed by atoms with Crippen LogP contribution in [0.5, 0.6) is 0 Å². The molecule has 0 N–H and O–H groups in total. The lowest BCUT2D eigenvalue weighted by Crippen LogP contribution is -2.48. The maximum Gasteiger partial charge on any atom is 0.246 e. The fourth-order valence-electron chi connectivity index (χ4n) is 3.29. The molecule has 28 heavy (non-hydrogen) atoms. The number of carbonyl (C=O) groups is 3. The minimum absolute atomic E-state index is 0.181. The predicted octanol–water partition coefficient (Wildman–Crippen LogP) is 1.09. The highest BCUT2D eigenvalue weighted by atomic mass is 19.1. The molecule has 0 unspecified atom stereocenters. The van der Waals surface area contributed by atoms with E-state index in [1.807, 2.05) is 4.90 Å². The van der Waals surface area contributed by atoms with Crippen LogP contribution in [0.3, 0.4) is 0 Å². The van der Waals surface area contributed by atoms with Crippen LogP contribution in [-0.4, -0.2) is 79.9 Å². The zero-order chi connectivity index (χ0) is 20.1. The molecule has 0 radical (unpaired) electrons. The molecule has 0 aromatic heterocycles. The number of Topliss-reactive ketones (excluding diaryl/α,β-unsaturated/α-hetero) is 1. The average Bonchev–Trinajstić information content (AvgIpc) is 2.72. The molecule has 2 saturated heterocycles. The van der Waals surface area contributed by atoms with Crippen molar-refractivity contribution in [1.29, 1.82) is 0 Å². The molecule has 0 bridgehead atoms. The van der Waals surface area contributed by atoms with E-state index in [0.717, 1.165) is 0 Å². The van der Waals surface area contributed by atoms with Gasteiger partial charge in [0.05, 0.1) is 18.9 Å². The van der Waals surface area contributed by atoms with Crippen LogP contribution in [0.25, 0.3) is 0 Å². The molecule has 2 fully saturated rings. The third kappa shape index (κ3) is 4.75. The van der Waals surface area contributed by atoms with Crippen LogP contribution in [0.2, 0.25) is 0 Å². The number of nitrogens with zero attached hydrogens (tertiary/aromatic N) is 3. The highest BCUT2D eigenvalue weighted by molar-refractivity contribution is 5.97. The number of ketones is 1.